The number of sulfonamides is 1. The minimum Gasteiger partial charge on any atom is -0.312 e. The first-order valence-corrected chi connectivity index (χ1v) is 13.8. The van der Waals surface area contributed by atoms with Crippen molar-refractivity contribution in [3.63, 3.8) is 0 Å². The predicted octanol–water partition coefficient (Wildman–Crippen LogP) is 4.84. The Morgan fingerprint density at radius 3 is 2.28 bits per heavy atom. The molecule has 2 aromatic carbocycles. The molecule has 192 valence electrons. The summed E-state index contributed by atoms with van der Waals surface area (Å²) in [5, 5.41) is 11.1. The molecule has 0 aliphatic heterocycles. The van der Waals surface area contributed by atoms with Crippen LogP contribution in [0.15, 0.2) is 65.0 Å². The van der Waals surface area contributed by atoms with E-state index in [2.05, 4.69) is 11.6 Å². The lowest BCUT2D eigenvalue weighted by atomic mass is 10.2. The fraction of sp³-hybridized carbons (Fsp3) is 0.360. The van der Waals surface area contributed by atoms with Gasteiger partial charge < -0.3 is 4.57 Å². The van der Waals surface area contributed by atoms with E-state index in [1.807, 2.05) is 27.7 Å². The number of carbonyl (C=O) groups is 1. The van der Waals surface area contributed by atoms with E-state index in [4.69, 9.17) is 0 Å². The van der Waals surface area contributed by atoms with Crippen molar-refractivity contribution < 1.29 is 18.1 Å². The number of nitro groups is 1. The lowest BCUT2D eigenvalue weighted by Crippen LogP contribution is -2.37. The number of hydrogen-bond donors (Lipinski definition) is 0. The van der Waals surface area contributed by atoms with Crippen molar-refractivity contribution in [1.82, 2.24) is 8.87 Å². The molecular weight excluding hydrogens is 500 g/mol. The quantitative estimate of drug-likeness (QED) is 0.211. The minimum absolute atomic E-state index is 0.0480. The third kappa shape index (κ3) is 6.15. The zero-order valence-electron chi connectivity index (χ0n) is 20.7. The molecule has 0 radical (unpaired) electrons. The van der Waals surface area contributed by atoms with Crippen LogP contribution in [0, 0.1) is 22.0 Å². The van der Waals surface area contributed by atoms with E-state index in [0.29, 0.717) is 34.7 Å². The molecule has 0 N–H and O–H groups in total. The highest BCUT2D eigenvalue weighted by Crippen LogP contribution is 2.24. The van der Waals surface area contributed by atoms with E-state index in [9.17, 15) is 23.3 Å². The average Bonchev–Trinajstić information content (AvgIpc) is 3.14. The Bertz CT molecular complexity index is 1440. The van der Waals surface area contributed by atoms with Crippen LogP contribution < -0.4 is 4.80 Å². The summed E-state index contributed by atoms with van der Waals surface area (Å²) in [6, 6.07) is 10.2. The van der Waals surface area contributed by atoms with Crippen molar-refractivity contribution in [3.8, 4) is 0 Å². The molecular formula is C25H30N4O5S2. The van der Waals surface area contributed by atoms with Crippen LogP contribution in [0.4, 0.5) is 5.69 Å². The Balaban J connectivity index is 1.97. The van der Waals surface area contributed by atoms with E-state index in [1.54, 1.807) is 16.7 Å². The van der Waals surface area contributed by atoms with Crippen molar-refractivity contribution in [2.45, 2.75) is 39.1 Å². The van der Waals surface area contributed by atoms with E-state index >= 15 is 0 Å². The van der Waals surface area contributed by atoms with Crippen molar-refractivity contribution in [1.29, 1.82) is 0 Å². The molecule has 0 fully saturated rings. The van der Waals surface area contributed by atoms with Crippen molar-refractivity contribution >= 4 is 43.2 Å². The number of allylic oxidation sites excluding steroid dienone is 1. The summed E-state index contributed by atoms with van der Waals surface area (Å²) in [6.07, 6.45) is 1.65. The smallest absolute Gasteiger partial charge is 0.279 e. The van der Waals surface area contributed by atoms with Gasteiger partial charge in [-0.15, -0.1) is 6.58 Å². The van der Waals surface area contributed by atoms with Crippen LogP contribution in [-0.2, 0) is 16.6 Å². The molecule has 9 nitrogen and oxygen atoms in total. The van der Waals surface area contributed by atoms with Crippen molar-refractivity contribution in [2.24, 2.45) is 16.8 Å². The molecule has 0 bridgehead atoms. The van der Waals surface area contributed by atoms with Crippen LogP contribution >= 0.6 is 11.3 Å². The standard InChI is InChI=1S/C25H30N4O5S2/c1-6-13-28-22-12-9-20(29(31)32)14-23(22)35-25(28)26-24(30)19-7-10-21(11-8-19)36(33,34)27(15-17(2)3)16-18(4)5/h6-12,14,17-18H,1,13,15-16H2,2-5H3. The van der Waals surface area contributed by atoms with Gasteiger partial charge in [0.25, 0.3) is 11.6 Å². The molecule has 1 aromatic heterocycles. The number of fused-ring (bicyclic) bond motifs is 1. The van der Waals surface area contributed by atoms with Crippen molar-refractivity contribution in [2.75, 3.05) is 13.1 Å². The number of nitrogens with zero attached hydrogens (tertiary/aromatic N) is 4. The molecule has 0 atom stereocenters. The number of aromatic nitrogens is 1. The Labute approximate surface area is 214 Å². The predicted molar refractivity (Wildman–Crippen MR) is 141 cm³/mol. The molecule has 3 aromatic rings. The SMILES string of the molecule is C=CCn1c(=NC(=O)c2ccc(S(=O)(=O)N(CC(C)C)CC(C)C)cc2)sc2cc([N+](=O)[O-])ccc21. The highest BCUT2D eigenvalue weighted by atomic mass is 32.2. The van der Waals surface area contributed by atoms with E-state index in [-0.39, 0.29) is 28.0 Å². The maximum absolute atomic E-state index is 13.2. The first-order valence-electron chi connectivity index (χ1n) is 11.5. The number of rotatable bonds is 10. The molecule has 3 rings (SSSR count). The van der Waals surface area contributed by atoms with Gasteiger partial charge in [-0.25, -0.2) is 8.42 Å². The fourth-order valence-corrected chi connectivity index (χ4v) is 6.56. The molecule has 11 heteroatoms. The van der Waals surface area contributed by atoms with Gasteiger partial charge in [-0.05, 0) is 42.2 Å². The second kappa shape index (κ2) is 11.3. The summed E-state index contributed by atoms with van der Waals surface area (Å²) >= 11 is 1.16. The van der Waals surface area contributed by atoms with Crippen LogP contribution in [0.25, 0.3) is 10.2 Å². The molecule has 36 heavy (non-hydrogen) atoms. The summed E-state index contributed by atoms with van der Waals surface area (Å²) in [4.78, 5) is 28.3. The van der Waals surface area contributed by atoms with Crippen LogP contribution in [0.1, 0.15) is 38.1 Å². The van der Waals surface area contributed by atoms with E-state index in [0.717, 1.165) is 11.3 Å². The second-order valence-electron chi connectivity index (χ2n) is 9.24. The van der Waals surface area contributed by atoms with Gasteiger partial charge in [0.15, 0.2) is 4.80 Å². The highest BCUT2D eigenvalue weighted by Gasteiger charge is 2.26. The maximum Gasteiger partial charge on any atom is 0.279 e. The van der Waals surface area contributed by atoms with Crippen LogP contribution in [0.3, 0.4) is 0 Å². The largest absolute Gasteiger partial charge is 0.312 e. The van der Waals surface area contributed by atoms with E-state index < -0.39 is 20.9 Å². The molecule has 0 saturated carbocycles. The lowest BCUT2D eigenvalue weighted by molar-refractivity contribution is -0.384. The molecule has 0 aliphatic rings. The molecule has 1 heterocycles. The summed E-state index contributed by atoms with van der Waals surface area (Å²) in [6.45, 7) is 12.8. The third-order valence-electron chi connectivity index (χ3n) is 5.26. The third-order valence-corrected chi connectivity index (χ3v) is 8.15. The maximum atomic E-state index is 13.2. The molecule has 1 amide bonds. The number of benzene rings is 2. The topological polar surface area (TPSA) is 115 Å². The van der Waals surface area contributed by atoms with E-state index in [1.165, 1.54) is 40.7 Å². The lowest BCUT2D eigenvalue weighted by Gasteiger charge is -2.25. The monoisotopic (exact) mass is 530 g/mol. The average molecular weight is 531 g/mol. The van der Waals surface area contributed by atoms with Crippen LogP contribution in [0.2, 0.25) is 0 Å². The summed E-state index contributed by atoms with van der Waals surface area (Å²) in [5.41, 5.74) is 0.892. The van der Waals surface area contributed by atoms with Crippen LogP contribution in [0.5, 0.6) is 0 Å². The summed E-state index contributed by atoms with van der Waals surface area (Å²) in [7, 11) is -3.71. The van der Waals surface area contributed by atoms with Gasteiger partial charge in [-0.2, -0.15) is 9.30 Å². The molecule has 0 aliphatic carbocycles. The number of thiazole rings is 1. The van der Waals surface area contributed by atoms with Gasteiger partial charge in [0.05, 0.1) is 20.0 Å². The minimum atomic E-state index is -3.71. The van der Waals surface area contributed by atoms with Crippen LogP contribution in [-0.4, -0.2) is 41.2 Å². The zero-order chi connectivity index (χ0) is 26.6. The number of hydrogen-bond acceptors (Lipinski definition) is 6. The van der Waals surface area contributed by atoms with Gasteiger partial charge in [-0.3, -0.25) is 14.9 Å². The summed E-state index contributed by atoms with van der Waals surface area (Å²) < 4.78 is 30.3. The molecule has 0 unspecified atom stereocenters. The second-order valence-corrected chi connectivity index (χ2v) is 12.2. The number of non-ortho nitro benzene ring substituents is 1. The number of carbonyl (C=O) groups excluding carboxylic acids is 1. The highest BCUT2D eigenvalue weighted by molar-refractivity contribution is 7.89. The van der Waals surface area contributed by atoms with Gasteiger partial charge in [-0.1, -0.05) is 45.1 Å². The molecule has 0 spiro atoms. The fourth-order valence-electron chi connectivity index (χ4n) is 3.72. The molecule has 0 saturated heterocycles. The van der Waals surface area contributed by atoms with Gasteiger partial charge >= 0.3 is 0 Å². The Kier molecular flexibility index (Phi) is 8.59. The normalized spacial score (nSPS) is 12.7. The van der Waals surface area contributed by atoms with Crippen molar-refractivity contribution in [3.05, 3.63) is 75.6 Å². The Hall–Kier alpha value is -3.15. The summed E-state index contributed by atoms with van der Waals surface area (Å²) in [5.74, 6) is -0.203. The van der Waals surface area contributed by atoms with Gasteiger partial charge in [0, 0.05) is 37.3 Å². The van der Waals surface area contributed by atoms with Gasteiger partial charge in [0.1, 0.15) is 0 Å². The Morgan fingerprint density at radius 1 is 1.14 bits per heavy atom. The first kappa shape index (κ1) is 27.4. The first-order chi connectivity index (χ1) is 16.9. The Morgan fingerprint density at radius 2 is 1.75 bits per heavy atom. The number of amides is 1. The zero-order valence-corrected chi connectivity index (χ0v) is 22.4. The van der Waals surface area contributed by atoms with Gasteiger partial charge in [0.2, 0.25) is 10.0 Å². The number of nitro benzene ring substituents is 1.